The third-order valence-electron chi connectivity index (χ3n) is 2.60. The smallest absolute Gasteiger partial charge is 0.203 e. The molecular weight excluding hydrogens is 238 g/mol. The van der Waals surface area contributed by atoms with E-state index in [1.54, 1.807) is 0 Å². The lowest BCUT2D eigenvalue weighted by atomic mass is 10.1. The van der Waals surface area contributed by atoms with E-state index >= 15 is 0 Å². The minimum absolute atomic E-state index is 0.291. The lowest BCUT2D eigenvalue weighted by Gasteiger charge is -2.06. The number of nitrogens with zero attached hydrogens (tertiary/aromatic N) is 4. The maximum atomic E-state index is 12.8. The summed E-state index contributed by atoms with van der Waals surface area (Å²) in [5, 5.41) is 11.4. The molecule has 2 heterocycles. The maximum absolute atomic E-state index is 12.8. The van der Waals surface area contributed by atoms with Gasteiger partial charge in [0.25, 0.3) is 6.43 Å². The minimum Gasteiger partial charge on any atom is -0.203 e. The van der Waals surface area contributed by atoms with E-state index in [1.807, 2.05) is 30.3 Å². The molecule has 0 amide bonds. The van der Waals surface area contributed by atoms with E-state index in [2.05, 4.69) is 15.3 Å². The molecule has 1 aromatic carbocycles. The van der Waals surface area contributed by atoms with E-state index in [-0.39, 0.29) is 5.69 Å². The summed E-state index contributed by atoms with van der Waals surface area (Å²) >= 11 is 0. The molecule has 0 unspecified atom stereocenters. The molecule has 0 bridgehead atoms. The number of fused-ring (bicyclic) bond motifs is 1. The molecule has 0 aliphatic carbocycles. The lowest BCUT2D eigenvalue weighted by Crippen LogP contribution is -2.00. The third kappa shape index (κ3) is 1.71. The van der Waals surface area contributed by atoms with Crippen molar-refractivity contribution < 1.29 is 8.78 Å². The largest absolute Gasteiger partial charge is 0.282 e. The quantitative estimate of drug-likeness (QED) is 0.698. The molecule has 0 radical (unpaired) electrons. The SMILES string of the molecule is FC(F)c1cc(-c2ccccc2)c2nncn2n1. The van der Waals surface area contributed by atoms with Crippen molar-refractivity contribution in [3.8, 4) is 11.1 Å². The van der Waals surface area contributed by atoms with Gasteiger partial charge in [0.05, 0.1) is 0 Å². The van der Waals surface area contributed by atoms with Crippen LogP contribution in [0.25, 0.3) is 16.8 Å². The van der Waals surface area contributed by atoms with Crippen LogP contribution in [0.3, 0.4) is 0 Å². The van der Waals surface area contributed by atoms with E-state index in [4.69, 9.17) is 0 Å². The molecular formula is C12H8F2N4. The van der Waals surface area contributed by atoms with Crippen LogP contribution >= 0.6 is 0 Å². The van der Waals surface area contributed by atoms with Crippen LogP contribution in [-0.2, 0) is 0 Å². The zero-order chi connectivity index (χ0) is 12.5. The molecule has 0 aliphatic heterocycles. The molecule has 6 heteroatoms. The van der Waals surface area contributed by atoms with Gasteiger partial charge in [-0.2, -0.15) is 9.61 Å². The van der Waals surface area contributed by atoms with Gasteiger partial charge in [0.1, 0.15) is 12.0 Å². The highest BCUT2D eigenvalue weighted by Crippen LogP contribution is 2.26. The van der Waals surface area contributed by atoms with Crippen molar-refractivity contribution in [1.29, 1.82) is 0 Å². The molecule has 18 heavy (non-hydrogen) atoms. The zero-order valence-electron chi connectivity index (χ0n) is 9.16. The topological polar surface area (TPSA) is 43.1 Å². The first-order chi connectivity index (χ1) is 8.75. The van der Waals surface area contributed by atoms with Gasteiger partial charge in [0.15, 0.2) is 5.65 Å². The lowest BCUT2D eigenvalue weighted by molar-refractivity contribution is 0.144. The van der Waals surface area contributed by atoms with Crippen LogP contribution in [0.4, 0.5) is 8.78 Å². The second kappa shape index (κ2) is 4.14. The molecule has 90 valence electrons. The molecule has 4 nitrogen and oxygen atoms in total. The van der Waals surface area contributed by atoms with Crippen LogP contribution in [0.15, 0.2) is 42.7 Å². The van der Waals surface area contributed by atoms with Gasteiger partial charge in [-0.1, -0.05) is 30.3 Å². The third-order valence-corrected chi connectivity index (χ3v) is 2.60. The first-order valence-electron chi connectivity index (χ1n) is 5.30. The predicted molar refractivity (Wildman–Crippen MR) is 61.2 cm³/mol. The van der Waals surface area contributed by atoms with Crippen LogP contribution < -0.4 is 0 Å². The highest BCUT2D eigenvalue weighted by molar-refractivity contribution is 5.76. The van der Waals surface area contributed by atoms with Crippen LogP contribution in [0, 0.1) is 0 Å². The first kappa shape index (κ1) is 10.8. The molecule has 2 aromatic heterocycles. The normalized spacial score (nSPS) is 11.3. The summed E-state index contributed by atoms with van der Waals surface area (Å²) in [5.41, 5.74) is 1.57. The Kier molecular flexibility index (Phi) is 2.47. The van der Waals surface area contributed by atoms with Gasteiger partial charge in [-0.05, 0) is 11.6 Å². The van der Waals surface area contributed by atoms with Crippen molar-refractivity contribution in [3.05, 3.63) is 48.4 Å². The monoisotopic (exact) mass is 246 g/mol. The Labute approximate surface area is 101 Å². The fraction of sp³-hybridized carbons (Fsp3) is 0.0833. The highest BCUT2D eigenvalue weighted by Gasteiger charge is 2.15. The fourth-order valence-corrected chi connectivity index (χ4v) is 1.78. The number of rotatable bonds is 2. The highest BCUT2D eigenvalue weighted by atomic mass is 19.3. The summed E-state index contributed by atoms with van der Waals surface area (Å²) in [6.45, 7) is 0. The van der Waals surface area contributed by atoms with Crippen LogP contribution in [0.2, 0.25) is 0 Å². The summed E-state index contributed by atoms with van der Waals surface area (Å²) in [6, 6.07) is 10.6. The fourth-order valence-electron chi connectivity index (χ4n) is 1.78. The molecule has 0 saturated carbocycles. The van der Waals surface area contributed by atoms with Gasteiger partial charge in [0, 0.05) is 5.56 Å². The number of hydrogen-bond donors (Lipinski definition) is 0. The summed E-state index contributed by atoms with van der Waals surface area (Å²) in [7, 11) is 0. The van der Waals surface area contributed by atoms with Crippen molar-refractivity contribution in [3.63, 3.8) is 0 Å². The first-order valence-corrected chi connectivity index (χ1v) is 5.30. The Balaban J connectivity index is 2.29. The Bertz CT molecular complexity index is 679. The Morgan fingerprint density at radius 2 is 1.89 bits per heavy atom. The van der Waals surface area contributed by atoms with Crippen molar-refractivity contribution in [2.45, 2.75) is 6.43 Å². The number of benzene rings is 1. The second-order valence-electron chi connectivity index (χ2n) is 3.75. The van der Waals surface area contributed by atoms with E-state index in [1.165, 1.54) is 16.9 Å². The van der Waals surface area contributed by atoms with Gasteiger partial charge in [-0.25, -0.2) is 8.78 Å². The predicted octanol–water partition coefficient (Wildman–Crippen LogP) is 2.73. The van der Waals surface area contributed by atoms with E-state index in [0.717, 1.165) is 5.56 Å². The summed E-state index contributed by atoms with van der Waals surface area (Å²) in [4.78, 5) is 0. The van der Waals surface area contributed by atoms with Crippen molar-refractivity contribution in [2.75, 3.05) is 0 Å². The minimum atomic E-state index is -2.63. The van der Waals surface area contributed by atoms with Crippen molar-refractivity contribution in [1.82, 2.24) is 19.8 Å². The summed E-state index contributed by atoms with van der Waals surface area (Å²) in [6.07, 6.45) is -1.31. The summed E-state index contributed by atoms with van der Waals surface area (Å²) < 4.78 is 26.8. The molecule has 3 rings (SSSR count). The molecule has 0 fully saturated rings. The van der Waals surface area contributed by atoms with Gasteiger partial charge in [-0.3, -0.25) is 0 Å². The number of aromatic nitrogens is 4. The molecule has 3 aromatic rings. The van der Waals surface area contributed by atoms with Crippen molar-refractivity contribution in [2.24, 2.45) is 0 Å². The number of alkyl halides is 2. The Morgan fingerprint density at radius 3 is 2.61 bits per heavy atom. The van der Waals surface area contributed by atoms with Crippen LogP contribution in [-0.4, -0.2) is 19.8 Å². The molecule has 0 N–H and O–H groups in total. The van der Waals surface area contributed by atoms with E-state index in [9.17, 15) is 8.78 Å². The van der Waals surface area contributed by atoms with Crippen LogP contribution in [0.1, 0.15) is 12.1 Å². The number of halogens is 2. The Morgan fingerprint density at radius 1 is 1.11 bits per heavy atom. The Hall–Kier alpha value is -2.37. The van der Waals surface area contributed by atoms with Gasteiger partial charge in [0.2, 0.25) is 0 Å². The van der Waals surface area contributed by atoms with Gasteiger partial charge < -0.3 is 0 Å². The molecule has 0 atom stereocenters. The standard InChI is InChI=1S/C12H8F2N4/c13-11(14)10-6-9(8-4-2-1-3-5-8)12-16-15-7-18(12)17-10/h1-7,11H. The van der Waals surface area contributed by atoms with Crippen LogP contribution in [0.5, 0.6) is 0 Å². The van der Waals surface area contributed by atoms with Gasteiger partial charge in [-0.15, -0.1) is 10.2 Å². The second-order valence-corrected chi connectivity index (χ2v) is 3.75. The van der Waals surface area contributed by atoms with Gasteiger partial charge >= 0.3 is 0 Å². The molecule has 0 spiro atoms. The zero-order valence-corrected chi connectivity index (χ0v) is 9.16. The van der Waals surface area contributed by atoms with Crippen molar-refractivity contribution >= 4 is 5.65 Å². The average Bonchev–Trinajstić information content (AvgIpc) is 2.86. The maximum Gasteiger partial charge on any atom is 0.282 e. The van der Waals surface area contributed by atoms with E-state index < -0.39 is 6.43 Å². The van der Waals surface area contributed by atoms with E-state index in [0.29, 0.717) is 11.2 Å². The molecule has 0 aliphatic rings. The average molecular weight is 246 g/mol. The molecule has 0 saturated heterocycles. The number of hydrogen-bond acceptors (Lipinski definition) is 3. The summed E-state index contributed by atoms with van der Waals surface area (Å²) in [5.74, 6) is 0.